The Morgan fingerprint density at radius 2 is 2.14 bits per heavy atom. The topological polar surface area (TPSA) is 62.8 Å². The van der Waals surface area contributed by atoms with Gasteiger partial charge < -0.3 is 4.98 Å². The summed E-state index contributed by atoms with van der Waals surface area (Å²) in [5.41, 5.74) is 0.439. The lowest BCUT2D eigenvalue weighted by Gasteiger charge is -1.93. The smallest absolute Gasteiger partial charge is 0.263 e. The Bertz CT molecular complexity index is 591. The van der Waals surface area contributed by atoms with Crippen molar-refractivity contribution in [3.8, 4) is 0 Å². The second kappa shape index (κ2) is 3.12. The monoisotopic (exact) mass is 250 g/mol. The molecule has 0 amide bonds. The summed E-state index contributed by atoms with van der Waals surface area (Å²) in [7, 11) is 1.45. The first-order valence-corrected chi connectivity index (χ1v) is 6.24. The van der Waals surface area contributed by atoms with E-state index in [9.17, 15) is 8.42 Å². The molecule has 0 aliphatic heterocycles. The molecule has 74 valence electrons. The molecule has 1 N–H and O–H groups in total. The molecule has 0 bridgehead atoms. The molecule has 2 heterocycles. The van der Waals surface area contributed by atoms with Gasteiger partial charge in [0.1, 0.15) is 10.5 Å². The molecule has 0 saturated heterocycles. The van der Waals surface area contributed by atoms with E-state index in [-0.39, 0.29) is 4.90 Å². The van der Waals surface area contributed by atoms with Gasteiger partial charge in [0, 0.05) is 28.5 Å². The molecule has 14 heavy (non-hydrogen) atoms. The van der Waals surface area contributed by atoms with Crippen LogP contribution in [0, 0.1) is 0 Å². The molecule has 0 radical (unpaired) electrons. The zero-order valence-electron chi connectivity index (χ0n) is 6.66. The summed E-state index contributed by atoms with van der Waals surface area (Å²) in [6.45, 7) is 0. The van der Waals surface area contributed by atoms with Crippen molar-refractivity contribution in [1.29, 1.82) is 0 Å². The van der Waals surface area contributed by atoms with Gasteiger partial charge in [-0.05, 0) is 6.07 Å². The van der Waals surface area contributed by atoms with Crippen molar-refractivity contribution < 1.29 is 8.42 Å². The Labute approximate surface area is 89.3 Å². The van der Waals surface area contributed by atoms with E-state index in [1.807, 2.05) is 0 Å². The van der Waals surface area contributed by atoms with Crippen LogP contribution in [0.15, 0.2) is 23.4 Å². The third-order valence-electron chi connectivity index (χ3n) is 1.72. The van der Waals surface area contributed by atoms with Crippen molar-refractivity contribution in [3.05, 3.63) is 23.5 Å². The van der Waals surface area contributed by atoms with Crippen molar-refractivity contribution in [1.82, 2.24) is 9.97 Å². The van der Waals surface area contributed by atoms with E-state index in [0.717, 1.165) is 0 Å². The number of fused-ring (bicyclic) bond motifs is 1. The highest BCUT2D eigenvalue weighted by atomic mass is 35.7. The molecule has 2 aromatic rings. The van der Waals surface area contributed by atoms with Gasteiger partial charge in [0.25, 0.3) is 9.05 Å². The van der Waals surface area contributed by atoms with E-state index in [1.54, 1.807) is 0 Å². The van der Waals surface area contributed by atoms with Gasteiger partial charge in [0.05, 0.1) is 5.02 Å². The Balaban J connectivity index is 2.87. The lowest BCUT2D eigenvalue weighted by atomic mass is 10.3. The number of halogens is 2. The average Bonchev–Trinajstić information content (AvgIpc) is 2.45. The molecule has 0 unspecified atom stereocenters. The van der Waals surface area contributed by atoms with Gasteiger partial charge in [-0.15, -0.1) is 0 Å². The van der Waals surface area contributed by atoms with Gasteiger partial charge >= 0.3 is 0 Å². The lowest BCUT2D eigenvalue weighted by molar-refractivity contribution is 0.610. The zero-order valence-corrected chi connectivity index (χ0v) is 8.99. The first-order valence-electron chi connectivity index (χ1n) is 3.56. The van der Waals surface area contributed by atoms with Crippen molar-refractivity contribution in [2.75, 3.05) is 0 Å². The maximum absolute atomic E-state index is 11.1. The van der Waals surface area contributed by atoms with Crippen LogP contribution < -0.4 is 0 Å². The van der Waals surface area contributed by atoms with Crippen LogP contribution >= 0.6 is 22.3 Å². The first kappa shape index (κ1) is 9.76. The number of hydrogen-bond donors (Lipinski definition) is 1. The van der Waals surface area contributed by atoms with Crippen molar-refractivity contribution in [3.63, 3.8) is 0 Å². The molecule has 7 heteroatoms. The second-order valence-corrected chi connectivity index (χ2v) is 5.61. The summed E-state index contributed by atoms with van der Waals surface area (Å²) in [4.78, 5) is 6.58. The number of pyridine rings is 1. The summed E-state index contributed by atoms with van der Waals surface area (Å²) in [5.74, 6) is 0. The summed E-state index contributed by atoms with van der Waals surface area (Å²) >= 11 is 5.68. The van der Waals surface area contributed by atoms with Crippen molar-refractivity contribution >= 4 is 42.4 Å². The fourth-order valence-corrected chi connectivity index (χ4v) is 2.31. The number of nitrogens with one attached hydrogen (secondary N) is 1. The van der Waals surface area contributed by atoms with Gasteiger partial charge in [-0.2, -0.15) is 0 Å². The number of H-pyrrole nitrogens is 1. The summed E-state index contributed by atoms with van der Waals surface area (Å²) in [6.07, 6.45) is 2.71. The number of hydrogen-bond acceptors (Lipinski definition) is 3. The van der Waals surface area contributed by atoms with Gasteiger partial charge in [-0.25, -0.2) is 13.4 Å². The summed E-state index contributed by atoms with van der Waals surface area (Å²) in [6, 6.07) is 1.50. The number of rotatable bonds is 1. The van der Waals surface area contributed by atoms with E-state index >= 15 is 0 Å². The summed E-state index contributed by atoms with van der Waals surface area (Å²) < 4.78 is 22.2. The SMILES string of the molecule is O=S(=O)(Cl)c1c[nH]c2ncc(Cl)cc12. The predicted molar refractivity (Wildman–Crippen MR) is 54.1 cm³/mol. The van der Waals surface area contributed by atoms with Gasteiger partial charge in [-0.3, -0.25) is 0 Å². The minimum Gasteiger partial charge on any atom is -0.345 e. The third kappa shape index (κ3) is 1.58. The molecule has 0 atom stereocenters. The Kier molecular flexibility index (Phi) is 2.17. The molecule has 0 saturated carbocycles. The summed E-state index contributed by atoms with van der Waals surface area (Å²) in [5, 5.41) is 0.756. The highest BCUT2D eigenvalue weighted by Gasteiger charge is 2.16. The molecule has 0 aromatic carbocycles. The van der Waals surface area contributed by atoms with Gasteiger partial charge in [0.2, 0.25) is 0 Å². The molecular formula is C7H4Cl2N2O2S. The number of aromatic amines is 1. The van der Waals surface area contributed by atoms with Crippen LogP contribution in [-0.4, -0.2) is 18.4 Å². The Morgan fingerprint density at radius 3 is 2.79 bits per heavy atom. The maximum Gasteiger partial charge on any atom is 0.263 e. The van der Waals surface area contributed by atoms with Crippen LogP contribution in [0.5, 0.6) is 0 Å². The predicted octanol–water partition coefficient (Wildman–Crippen LogP) is 2.14. The van der Waals surface area contributed by atoms with Crippen molar-refractivity contribution in [2.45, 2.75) is 4.90 Å². The van der Waals surface area contributed by atoms with E-state index in [4.69, 9.17) is 22.3 Å². The van der Waals surface area contributed by atoms with Crippen molar-refractivity contribution in [2.24, 2.45) is 0 Å². The quantitative estimate of drug-likeness (QED) is 0.790. The van der Waals surface area contributed by atoms with Crippen LogP contribution in [0.4, 0.5) is 0 Å². The molecule has 2 aromatic heterocycles. The minimum atomic E-state index is -3.76. The molecule has 4 nitrogen and oxygen atoms in total. The molecule has 0 fully saturated rings. The van der Waals surface area contributed by atoms with Crippen LogP contribution in [0.1, 0.15) is 0 Å². The van der Waals surface area contributed by atoms with Gasteiger partial charge in [-0.1, -0.05) is 11.6 Å². The lowest BCUT2D eigenvalue weighted by Crippen LogP contribution is -1.87. The Morgan fingerprint density at radius 1 is 1.43 bits per heavy atom. The highest BCUT2D eigenvalue weighted by Crippen LogP contribution is 2.26. The number of aromatic nitrogens is 2. The molecule has 0 spiro atoms. The van der Waals surface area contributed by atoms with E-state index in [2.05, 4.69) is 9.97 Å². The second-order valence-electron chi connectivity index (χ2n) is 2.64. The molecule has 2 rings (SSSR count). The standard InChI is InChI=1S/C7H4Cl2N2O2S/c8-4-1-5-6(14(9,12)13)3-11-7(5)10-2-4/h1-3H,(H,10,11). The highest BCUT2D eigenvalue weighted by molar-refractivity contribution is 8.14. The van der Waals surface area contributed by atoms with E-state index < -0.39 is 9.05 Å². The fourth-order valence-electron chi connectivity index (χ4n) is 1.16. The fraction of sp³-hybridized carbons (Fsp3) is 0. The maximum atomic E-state index is 11.1. The van der Waals surface area contributed by atoms with Crippen LogP contribution in [-0.2, 0) is 9.05 Å². The van der Waals surface area contributed by atoms with E-state index in [0.29, 0.717) is 16.1 Å². The third-order valence-corrected chi connectivity index (χ3v) is 3.29. The Hall–Kier alpha value is -0.780. The molecule has 0 aliphatic rings. The van der Waals surface area contributed by atoms with Crippen LogP contribution in [0.2, 0.25) is 5.02 Å². The van der Waals surface area contributed by atoms with Crippen LogP contribution in [0.25, 0.3) is 11.0 Å². The normalized spacial score (nSPS) is 12.1. The zero-order chi connectivity index (χ0) is 10.3. The molecule has 0 aliphatic carbocycles. The van der Waals surface area contributed by atoms with Gasteiger partial charge in [0.15, 0.2) is 0 Å². The van der Waals surface area contributed by atoms with Crippen LogP contribution in [0.3, 0.4) is 0 Å². The largest absolute Gasteiger partial charge is 0.345 e. The minimum absolute atomic E-state index is 0.0100. The first-order chi connectivity index (χ1) is 6.48. The molecular weight excluding hydrogens is 247 g/mol. The average molecular weight is 251 g/mol. The van der Waals surface area contributed by atoms with E-state index in [1.165, 1.54) is 18.5 Å². The number of nitrogens with zero attached hydrogens (tertiary/aromatic N) is 1.